The molecule has 1 aromatic heterocycles. The van der Waals surface area contributed by atoms with Crippen molar-refractivity contribution in [3.05, 3.63) is 53.9 Å². The molecule has 5 nitrogen and oxygen atoms in total. The number of nitrogens with one attached hydrogen (secondary N) is 1. The highest BCUT2D eigenvalue weighted by atomic mass is 127. The first-order chi connectivity index (χ1) is 16.2. The minimum atomic E-state index is -0.0215. The minimum Gasteiger partial charge on any atom is -1.00 e. The van der Waals surface area contributed by atoms with Gasteiger partial charge in [-0.1, -0.05) is 64.9 Å². The Bertz CT molecular complexity index is 829. The maximum absolute atomic E-state index is 12.5. The molecule has 0 saturated carbocycles. The molecule has 0 aliphatic heterocycles. The van der Waals surface area contributed by atoms with E-state index >= 15 is 0 Å². The van der Waals surface area contributed by atoms with E-state index < -0.39 is 0 Å². The Kier molecular flexibility index (Phi) is 16.4. The van der Waals surface area contributed by atoms with Gasteiger partial charge in [-0.3, -0.25) is 4.79 Å². The van der Waals surface area contributed by atoms with Gasteiger partial charge in [-0.15, -0.1) is 0 Å². The molecule has 1 N–H and O–H groups in total. The van der Waals surface area contributed by atoms with E-state index in [4.69, 9.17) is 9.47 Å². The Hall–Kier alpha value is -1.83. The predicted molar refractivity (Wildman–Crippen MR) is 134 cm³/mol. The molecule has 0 atom stereocenters. The minimum absolute atomic E-state index is 0. The molecule has 0 saturated heterocycles. The maximum Gasteiger partial charge on any atom is 0.224 e. The summed E-state index contributed by atoms with van der Waals surface area (Å²) in [7, 11) is 1.63. The molecule has 1 aromatic carbocycles. The molecule has 1 heterocycles. The molecule has 0 bridgehead atoms. The van der Waals surface area contributed by atoms with Gasteiger partial charge in [-0.2, -0.15) is 0 Å². The van der Waals surface area contributed by atoms with E-state index in [1.54, 1.807) is 7.11 Å². The van der Waals surface area contributed by atoms with Gasteiger partial charge in [0.2, 0.25) is 5.91 Å². The van der Waals surface area contributed by atoms with Crippen LogP contribution in [0, 0.1) is 0 Å². The highest BCUT2D eigenvalue weighted by Gasteiger charge is 2.11. The van der Waals surface area contributed by atoms with Gasteiger partial charge in [0, 0.05) is 36.2 Å². The van der Waals surface area contributed by atoms with Gasteiger partial charge in [0.05, 0.1) is 20.1 Å². The standard InChI is InChI=1S/C28H42N2O3.HI/c1-4-6-7-8-9-10-11-12-19-33-26-16-15-25(27(21-26)32-3)20-28(31)29-22-24-14-13-18-30(23-24)17-5-2;/h13-16,18,21,23H,4-12,17,19-20,22H2,1-3H3;1H. The highest BCUT2D eigenvalue weighted by Crippen LogP contribution is 2.25. The fourth-order valence-electron chi connectivity index (χ4n) is 3.90. The molecule has 2 rings (SSSR count). The summed E-state index contributed by atoms with van der Waals surface area (Å²) in [6, 6.07) is 9.80. The average molecular weight is 583 g/mol. The average Bonchev–Trinajstić information content (AvgIpc) is 2.83. The number of hydrogen-bond acceptors (Lipinski definition) is 3. The maximum atomic E-state index is 12.5. The van der Waals surface area contributed by atoms with Crippen LogP contribution in [-0.2, 0) is 24.3 Å². The van der Waals surface area contributed by atoms with Gasteiger partial charge in [-0.05, 0) is 18.6 Å². The molecule has 2 aromatic rings. The first-order valence-electron chi connectivity index (χ1n) is 12.7. The number of nitrogens with zero attached hydrogens (tertiary/aromatic N) is 1. The Morgan fingerprint density at radius 1 is 0.971 bits per heavy atom. The molecule has 0 radical (unpaired) electrons. The molecule has 0 fully saturated rings. The second-order valence-electron chi connectivity index (χ2n) is 8.70. The van der Waals surface area contributed by atoms with Crippen LogP contribution in [0.1, 0.15) is 82.8 Å². The Balaban J connectivity index is 0.00000578. The first-order valence-corrected chi connectivity index (χ1v) is 12.7. The summed E-state index contributed by atoms with van der Waals surface area (Å²) in [5.41, 5.74) is 1.96. The van der Waals surface area contributed by atoms with Crippen LogP contribution in [-0.4, -0.2) is 19.6 Å². The lowest BCUT2D eigenvalue weighted by molar-refractivity contribution is -0.697. The number of halogens is 1. The van der Waals surface area contributed by atoms with Crippen LogP contribution < -0.4 is 43.3 Å². The van der Waals surface area contributed by atoms with Crippen molar-refractivity contribution in [1.29, 1.82) is 0 Å². The molecule has 6 heteroatoms. The third-order valence-electron chi connectivity index (χ3n) is 5.77. The molecule has 0 aliphatic rings. The number of ether oxygens (including phenoxy) is 2. The van der Waals surface area contributed by atoms with Gasteiger partial charge >= 0.3 is 0 Å². The van der Waals surface area contributed by atoms with Crippen LogP contribution in [0.15, 0.2) is 42.7 Å². The number of aromatic nitrogens is 1. The lowest BCUT2D eigenvalue weighted by Crippen LogP contribution is -3.00. The van der Waals surface area contributed by atoms with E-state index in [0.717, 1.165) is 36.3 Å². The van der Waals surface area contributed by atoms with Crippen molar-refractivity contribution >= 4 is 5.91 Å². The van der Waals surface area contributed by atoms with Crippen molar-refractivity contribution in [3.63, 3.8) is 0 Å². The zero-order chi connectivity index (χ0) is 23.7. The summed E-state index contributed by atoms with van der Waals surface area (Å²) in [6.07, 6.45) is 15.8. The van der Waals surface area contributed by atoms with Crippen molar-refractivity contribution in [3.8, 4) is 11.5 Å². The van der Waals surface area contributed by atoms with E-state index in [0.29, 0.717) is 18.9 Å². The summed E-state index contributed by atoms with van der Waals surface area (Å²) in [6.45, 7) is 6.62. The van der Waals surface area contributed by atoms with Crippen molar-refractivity contribution in [2.45, 2.75) is 91.1 Å². The summed E-state index contributed by atoms with van der Waals surface area (Å²) in [5.74, 6) is 1.47. The van der Waals surface area contributed by atoms with Crippen LogP contribution in [0.5, 0.6) is 11.5 Å². The Morgan fingerprint density at radius 2 is 1.71 bits per heavy atom. The SMILES string of the molecule is CCCCCCCCCCOc1ccc(CC(=O)NCc2ccc[n+](CCC)c2)c(OC)c1.[I-]. The molecule has 1 amide bonds. The molecule has 0 unspecified atom stereocenters. The topological polar surface area (TPSA) is 51.4 Å². The first kappa shape index (κ1) is 30.2. The lowest BCUT2D eigenvalue weighted by Gasteiger charge is -2.12. The lowest BCUT2D eigenvalue weighted by atomic mass is 10.1. The summed E-state index contributed by atoms with van der Waals surface area (Å²) in [5, 5.41) is 3.01. The zero-order valence-electron chi connectivity index (χ0n) is 21.3. The Morgan fingerprint density at radius 3 is 2.41 bits per heavy atom. The molecular formula is C28H43IN2O3. The van der Waals surface area contributed by atoms with Gasteiger partial charge < -0.3 is 38.8 Å². The van der Waals surface area contributed by atoms with Crippen molar-refractivity contribution in [1.82, 2.24) is 5.32 Å². The van der Waals surface area contributed by atoms with Gasteiger partial charge in [0.15, 0.2) is 12.4 Å². The second kappa shape index (κ2) is 18.5. The molecule has 190 valence electrons. The van der Waals surface area contributed by atoms with Gasteiger partial charge in [0.1, 0.15) is 18.0 Å². The summed E-state index contributed by atoms with van der Waals surface area (Å²) >= 11 is 0. The normalized spacial score (nSPS) is 10.4. The van der Waals surface area contributed by atoms with Crippen LogP contribution in [0.25, 0.3) is 0 Å². The third-order valence-corrected chi connectivity index (χ3v) is 5.77. The molecule has 34 heavy (non-hydrogen) atoms. The van der Waals surface area contributed by atoms with E-state index in [1.807, 2.05) is 30.3 Å². The third kappa shape index (κ3) is 12.0. The number of aryl methyl sites for hydroxylation is 1. The Labute approximate surface area is 223 Å². The fourth-order valence-corrected chi connectivity index (χ4v) is 3.90. The van der Waals surface area contributed by atoms with E-state index in [2.05, 4.69) is 36.1 Å². The van der Waals surface area contributed by atoms with E-state index in [9.17, 15) is 4.79 Å². The monoisotopic (exact) mass is 582 g/mol. The van der Waals surface area contributed by atoms with Crippen LogP contribution in [0.4, 0.5) is 0 Å². The zero-order valence-corrected chi connectivity index (χ0v) is 23.4. The van der Waals surface area contributed by atoms with Crippen LogP contribution >= 0.6 is 0 Å². The number of amides is 1. The van der Waals surface area contributed by atoms with Crippen molar-refractivity contribution < 1.29 is 42.8 Å². The predicted octanol–water partition coefficient (Wildman–Crippen LogP) is 2.78. The number of pyridine rings is 1. The molecular weight excluding hydrogens is 539 g/mol. The van der Waals surface area contributed by atoms with Crippen molar-refractivity contribution in [2.75, 3.05) is 13.7 Å². The summed E-state index contributed by atoms with van der Waals surface area (Å²) < 4.78 is 13.6. The van der Waals surface area contributed by atoms with Gasteiger partial charge in [0.25, 0.3) is 0 Å². The largest absolute Gasteiger partial charge is 1.00 e. The molecule has 0 aliphatic carbocycles. The number of rotatable bonds is 17. The van der Waals surface area contributed by atoms with Crippen LogP contribution in [0.2, 0.25) is 0 Å². The molecule has 0 spiro atoms. The number of carbonyl (C=O) groups excluding carboxylic acids is 1. The second-order valence-corrected chi connectivity index (χ2v) is 8.70. The number of carbonyl (C=O) groups is 1. The number of benzene rings is 1. The van der Waals surface area contributed by atoms with E-state index in [1.165, 1.54) is 44.9 Å². The smallest absolute Gasteiger partial charge is 0.224 e. The van der Waals surface area contributed by atoms with Crippen LogP contribution in [0.3, 0.4) is 0 Å². The summed E-state index contributed by atoms with van der Waals surface area (Å²) in [4.78, 5) is 12.5. The van der Waals surface area contributed by atoms with Gasteiger partial charge in [-0.25, -0.2) is 4.57 Å². The fraction of sp³-hybridized carbons (Fsp3) is 0.571. The quantitative estimate of drug-likeness (QED) is 0.177. The highest BCUT2D eigenvalue weighted by molar-refractivity contribution is 5.79. The number of hydrogen-bond donors (Lipinski definition) is 1. The van der Waals surface area contributed by atoms with Crippen molar-refractivity contribution in [2.24, 2.45) is 0 Å². The number of methoxy groups -OCH3 is 1. The van der Waals surface area contributed by atoms with E-state index in [-0.39, 0.29) is 36.3 Å². The number of unbranched alkanes of at least 4 members (excludes halogenated alkanes) is 7.